The monoisotopic (exact) mass is 218 g/mol. The van der Waals surface area contributed by atoms with Crippen molar-refractivity contribution < 1.29 is 0 Å². The molecule has 1 rings (SSSR count). The van der Waals surface area contributed by atoms with Gasteiger partial charge < -0.3 is 0 Å². The molecule has 0 atom stereocenters. The maximum absolute atomic E-state index is 2.44. The molecule has 0 aliphatic carbocycles. The van der Waals surface area contributed by atoms with E-state index in [4.69, 9.17) is 0 Å². The van der Waals surface area contributed by atoms with E-state index in [1.54, 1.807) is 0 Å². The van der Waals surface area contributed by atoms with E-state index in [0.29, 0.717) is 5.41 Å². The zero-order valence-electron chi connectivity index (χ0n) is 9.14. The Morgan fingerprint density at radius 3 is 2.38 bits per heavy atom. The zero-order chi connectivity index (χ0) is 9.73. The van der Waals surface area contributed by atoms with Gasteiger partial charge in [-0.2, -0.15) is 0 Å². The highest BCUT2D eigenvalue weighted by molar-refractivity contribution is 8.17. The van der Waals surface area contributed by atoms with Gasteiger partial charge in [0.15, 0.2) is 0 Å². The standard InChI is InChI=1S/C11H22S2/c1-4-5-7-11(2,3)10-12-8-6-9-13-10/h10H,4-9H2,1-3H3. The highest BCUT2D eigenvalue weighted by Gasteiger charge is 2.30. The molecule has 0 aromatic carbocycles. The van der Waals surface area contributed by atoms with Crippen LogP contribution in [-0.4, -0.2) is 16.1 Å². The average Bonchev–Trinajstić information content (AvgIpc) is 2.16. The number of hydrogen-bond donors (Lipinski definition) is 0. The van der Waals surface area contributed by atoms with Crippen LogP contribution in [0.4, 0.5) is 0 Å². The van der Waals surface area contributed by atoms with E-state index in [2.05, 4.69) is 44.3 Å². The van der Waals surface area contributed by atoms with E-state index in [1.807, 2.05) is 0 Å². The first kappa shape index (κ1) is 11.8. The van der Waals surface area contributed by atoms with Gasteiger partial charge in [0, 0.05) is 0 Å². The van der Waals surface area contributed by atoms with Crippen molar-refractivity contribution in [2.24, 2.45) is 5.41 Å². The molecule has 13 heavy (non-hydrogen) atoms. The molecular weight excluding hydrogens is 196 g/mol. The van der Waals surface area contributed by atoms with Crippen molar-refractivity contribution in [1.82, 2.24) is 0 Å². The lowest BCUT2D eigenvalue weighted by Gasteiger charge is -2.36. The topological polar surface area (TPSA) is 0 Å². The Kier molecular flexibility index (Phi) is 5.03. The van der Waals surface area contributed by atoms with Crippen LogP contribution in [-0.2, 0) is 0 Å². The summed E-state index contributed by atoms with van der Waals surface area (Å²) in [6.45, 7) is 7.18. The quantitative estimate of drug-likeness (QED) is 0.686. The van der Waals surface area contributed by atoms with Crippen molar-refractivity contribution >= 4 is 23.5 Å². The number of rotatable bonds is 4. The summed E-state index contributed by atoms with van der Waals surface area (Å²) in [5.74, 6) is 2.76. The number of hydrogen-bond acceptors (Lipinski definition) is 2. The molecule has 1 heterocycles. The second-order valence-electron chi connectivity index (χ2n) is 4.52. The molecule has 0 amide bonds. The van der Waals surface area contributed by atoms with E-state index in [-0.39, 0.29) is 0 Å². The summed E-state index contributed by atoms with van der Waals surface area (Å²) in [4.78, 5) is 0. The van der Waals surface area contributed by atoms with Gasteiger partial charge in [-0.3, -0.25) is 0 Å². The van der Waals surface area contributed by atoms with Crippen LogP contribution in [0.5, 0.6) is 0 Å². The predicted octanol–water partition coefficient (Wildman–Crippen LogP) is 4.40. The van der Waals surface area contributed by atoms with Crippen molar-refractivity contribution in [2.75, 3.05) is 11.5 Å². The molecule has 0 unspecified atom stereocenters. The van der Waals surface area contributed by atoms with Crippen LogP contribution in [0.15, 0.2) is 0 Å². The zero-order valence-corrected chi connectivity index (χ0v) is 10.8. The fourth-order valence-electron chi connectivity index (χ4n) is 1.69. The van der Waals surface area contributed by atoms with E-state index in [1.165, 1.54) is 37.2 Å². The van der Waals surface area contributed by atoms with Crippen LogP contribution in [0.3, 0.4) is 0 Å². The maximum Gasteiger partial charge on any atom is 0.0553 e. The third-order valence-corrected chi connectivity index (χ3v) is 6.39. The Bertz CT molecular complexity index is 137. The van der Waals surface area contributed by atoms with Gasteiger partial charge in [-0.1, -0.05) is 33.6 Å². The minimum absolute atomic E-state index is 0.547. The predicted molar refractivity (Wildman–Crippen MR) is 66.6 cm³/mol. The highest BCUT2D eigenvalue weighted by Crippen LogP contribution is 2.45. The molecule has 1 aliphatic rings. The van der Waals surface area contributed by atoms with Gasteiger partial charge in [0.2, 0.25) is 0 Å². The fourth-order valence-corrected chi connectivity index (χ4v) is 5.02. The summed E-state index contributed by atoms with van der Waals surface area (Å²) in [6, 6.07) is 0. The molecule has 0 saturated carbocycles. The van der Waals surface area contributed by atoms with E-state index in [0.717, 1.165) is 4.58 Å². The van der Waals surface area contributed by atoms with Gasteiger partial charge in [-0.25, -0.2) is 0 Å². The summed E-state index contributed by atoms with van der Waals surface area (Å²) < 4.78 is 0.854. The lowest BCUT2D eigenvalue weighted by molar-refractivity contribution is 0.356. The molecule has 0 radical (unpaired) electrons. The van der Waals surface area contributed by atoms with Crippen LogP contribution in [0.25, 0.3) is 0 Å². The van der Waals surface area contributed by atoms with Gasteiger partial charge in [0.1, 0.15) is 0 Å². The summed E-state index contributed by atoms with van der Waals surface area (Å²) in [5.41, 5.74) is 0.547. The normalized spacial score (nSPS) is 20.5. The first-order chi connectivity index (χ1) is 6.17. The first-order valence-corrected chi connectivity index (χ1v) is 7.50. The molecule has 1 aliphatic heterocycles. The summed E-state index contributed by atoms with van der Waals surface area (Å²) in [5, 5.41) is 0. The number of unbranched alkanes of at least 4 members (excludes halogenated alkanes) is 1. The molecule has 0 nitrogen and oxygen atoms in total. The molecule has 0 aromatic heterocycles. The summed E-state index contributed by atoms with van der Waals surface area (Å²) in [7, 11) is 0. The van der Waals surface area contributed by atoms with Gasteiger partial charge in [0.25, 0.3) is 0 Å². The van der Waals surface area contributed by atoms with Crippen molar-refractivity contribution in [3.05, 3.63) is 0 Å². The van der Waals surface area contributed by atoms with Gasteiger partial charge in [-0.05, 0) is 29.8 Å². The van der Waals surface area contributed by atoms with Crippen LogP contribution < -0.4 is 0 Å². The van der Waals surface area contributed by atoms with Crippen LogP contribution in [0.2, 0.25) is 0 Å². The largest absolute Gasteiger partial charge is 0.147 e. The maximum atomic E-state index is 2.44. The van der Waals surface area contributed by atoms with E-state index >= 15 is 0 Å². The molecule has 2 heteroatoms. The van der Waals surface area contributed by atoms with Gasteiger partial charge >= 0.3 is 0 Å². The van der Waals surface area contributed by atoms with Gasteiger partial charge in [0.05, 0.1) is 4.58 Å². The Hall–Kier alpha value is 0.700. The van der Waals surface area contributed by atoms with Crippen molar-refractivity contribution in [3.8, 4) is 0 Å². The first-order valence-electron chi connectivity index (χ1n) is 5.40. The van der Waals surface area contributed by atoms with E-state index in [9.17, 15) is 0 Å². The van der Waals surface area contributed by atoms with Gasteiger partial charge in [-0.15, -0.1) is 23.5 Å². The molecule has 0 spiro atoms. The Morgan fingerprint density at radius 2 is 1.85 bits per heavy atom. The fraction of sp³-hybridized carbons (Fsp3) is 1.00. The Balaban J connectivity index is 2.36. The Morgan fingerprint density at radius 1 is 1.23 bits per heavy atom. The molecule has 0 N–H and O–H groups in total. The van der Waals surface area contributed by atoms with Crippen LogP contribution >= 0.6 is 23.5 Å². The third-order valence-electron chi connectivity index (χ3n) is 2.64. The molecule has 1 saturated heterocycles. The van der Waals surface area contributed by atoms with Crippen molar-refractivity contribution in [3.63, 3.8) is 0 Å². The molecule has 0 bridgehead atoms. The second-order valence-corrected chi connectivity index (χ2v) is 7.24. The van der Waals surface area contributed by atoms with Crippen LogP contribution in [0.1, 0.15) is 46.5 Å². The summed E-state index contributed by atoms with van der Waals surface area (Å²) >= 11 is 4.37. The molecule has 78 valence electrons. The lowest BCUT2D eigenvalue weighted by atomic mass is 9.89. The van der Waals surface area contributed by atoms with Crippen molar-refractivity contribution in [2.45, 2.75) is 51.0 Å². The van der Waals surface area contributed by atoms with Crippen molar-refractivity contribution in [1.29, 1.82) is 0 Å². The SMILES string of the molecule is CCCCC(C)(C)C1SCCCS1. The van der Waals surface area contributed by atoms with Crippen LogP contribution in [0, 0.1) is 5.41 Å². The minimum atomic E-state index is 0.547. The Labute approximate surface area is 91.6 Å². The highest BCUT2D eigenvalue weighted by atomic mass is 32.2. The second kappa shape index (κ2) is 5.55. The minimum Gasteiger partial charge on any atom is -0.147 e. The molecule has 0 aromatic rings. The number of thioether (sulfide) groups is 2. The average molecular weight is 218 g/mol. The molecule has 1 fully saturated rings. The van der Waals surface area contributed by atoms with E-state index < -0.39 is 0 Å². The smallest absolute Gasteiger partial charge is 0.0553 e. The molecular formula is C11H22S2. The summed E-state index contributed by atoms with van der Waals surface area (Å²) in [6.07, 6.45) is 5.54. The lowest BCUT2D eigenvalue weighted by Crippen LogP contribution is -2.26. The third kappa shape index (κ3) is 3.75.